The average Bonchev–Trinajstić information content (AvgIpc) is 2.29. The van der Waals surface area contributed by atoms with Crippen LogP contribution in [0, 0.1) is 12.8 Å². The molecule has 0 aliphatic heterocycles. The number of aromatic nitrogens is 2. The van der Waals surface area contributed by atoms with Crippen LogP contribution in [-0.4, -0.2) is 16.5 Å². The first-order valence-electron chi connectivity index (χ1n) is 6.27. The van der Waals surface area contributed by atoms with Crippen molar-refractivity contribution >= 4 is 5.82 Å². The molecule has 0 radical (unpaired) electrons. The molecule has 0 spiro atoms. The van der Waals surface area contributed by atoms with E-state index in [-0.39, 0.29) is 0 Å². The maximum atomic E-state index is 4.40. The smallest absolute Gasteiger partial charge is 0.129 e. The summed E-state index contributed by atoms with van der Waals surface area (Å²) in [7, 11) is 0. The second kappa shape index (κ2) is 6.46. The predicted octanol–water partition coefficient (Wildman–Crippen LogP) is 3.20. The van der Waals surface area contributed by atoms with E-state index in [1.54, 1.807) is 0 Å². The van der Waals surface area contributed by atoms with Crippen molar-refractivity contribution in [3.63, 3.8) is 0 Å². The number of nitrogens with zero attached hydrogens (tertiary/aromatic N) is 2. The third-order valence-electron chi connectivity index (χ3n) is 2.98. The van der Waals surface area contributed by atoms with E-state index in [1.807, 2.05) is 6.92 Å². The second-order valence-corrected chi connectivity index (χ2v) is 4.21. The van der Waals surface area contributed by atoms with Crippen molar-refractivity contribution in [2.24, 2.45) is 5.92 Å². The summed E-state index contributed by atoms with van der Waals surface area (Å²) in [6.45, 7) is 9.54. The summed E-state index contributed by atoms with van der Waals surface area (Å²) in [5.74, 6) is 2.56. The fourth-order valence-electron chi connectivity index (χ4n) is 1.73. The molecule has 0 unspecified atom stereocenters. The number of anilines is 1. The van der Waals surface area contributed by atoms with Crippen LogP contribution >= 0.6 is 0 Å². The highest BCUT2D eigenvalue weighted by Crippen LogP contribution is 2.11. The van der Waals surface area contributed by atoms with Crippen LogP contribution < -0.4 is 5.32 Å². The summed E-state index contributed by atoms with van der Waals surface area (Å²) < 4.78 is 0. The molecule has 1 aromatic rings. The van der Waals surface area contributed by atoms with E-state index < -0.39 is 0 Å². The quantitative estimate of drug-likeness (QED) is 0.801. The van der Waals surface area contributed by atoms with Gasteiger partial charge in [0.1, 0.15) is 11.6 Å². The number of aryl methyl sites for hydroxylation is 2. The molecule has 0 aliphatic carbocycles. The van der Waals surface area contributed by atoms with Gasteiger partial charge in [0.2, 0.25) is 0 Å². The third-order valence-corrected chi connectivity index (χ3v) is 2.98. The summed E-state index contributed by atoms with van der Waals surface area (Å²) in [5.41, 5.74) is 1.11. The maximum absolute atomic E-state index is 4.40. The average molecular weight is 221 g/mol. The minimum atomic E-state index is 0.736. The Labute approximate surface area is 98.7 Å². The van der Waals surface area contributed by atoms with Crippen LogP contribution in [0.5, 0.6) is 0 Å². The van der Waals surface area contributed by atoms with Gasteiger partial charge in [-0.15, -0.1) is 0 Å². The highest BCUT2D eigenvalue weighted by atomic mass is 15.0. The van der Waals surface area contributed by atoms with Gasteiger partial charge in [-0.3, -0.25) is 0 Å². The van der Waals surface area contributed by atoms with Crippen LogP contribution in [0.1, 0.15) is 45.1 Å². The summed E-state index contributed by atoms with van der Waals surface area (Å²) in [4.78, 5) is 8.77. The van der Waals surface area contributed by atoms with E-state index in [0.717, 1.165) is 36.2 Å². The highest BCUT2D eigenvalue weighted by molar-refractivity contribution is 5.36. The fourth-order valence-corrected chi connectivity index (χ4v) is 1.73. The van der Waals surface area contributed by atoms with E-state index in [2.05, 4.69) is 42.1 Å². The van der Waals surface area contributed by atoms with Crippen LogP contribution in [0.2, 0.25) is 0 Å². The van der Waals surface area contributed by atoms with Gasteiger partial charge in [0.05, 0.1) is 0 Å². The minimum absolute atomic E-state index is 0.736. The molecule has 0 aliphatic rings. The predicted molar refractivity (Wildman–Crippen MR) is 68.7 cm³/mol. The summed E-state index contributed by atoms with van der Waals surface area (Å²) in [6.07, 6.45) is 3.39. The van der Waals surface area contributed by atoms with Gasteiger partial charge in [-0.2, -0.15) is 0 Å². The fraction of sp³-hybridized carbons (Fsp3) is 0.692. The number of hydrogen-bond acceptors (Lipinski definition) is 3. The lowest BCUT2D eigenvalue weighted by Crippen LogP contribution is -2.14. The molecule has 0 atom stereocenters. The second-order valence-electron chi connectivity index (χ2n) is 4.21. The molecule has 16 heavy (non-hydrogen) atoms. The van der Waals surface area contributed by atoms with Crippen molar-refractivity contribution in [3.05, 3.63) is 17.6 Å². The Morgan fingerprint density at radius 3 is 2.44 bits per heavy atom. The van der Waals surface area contributed by atoms with Gasteiger partial charge in [-0.25, -0.2) is 9.97 Å². The van der Waals surface area contributed by atoms with Crippen molar-refractivity contribution in [1.29, 1.82) is 0 Å². The Morgan fingerprint density at radius 1 is 1.19 bits per heavy atom. The zero-order valence-corrected chi connectivity index (χ0v) is 10.9. The zero-order valence-electron chi connectivity index (χ0n) is 10.9. The monoisotopic (exact) mass is 221 g/mol. The summed E-state index contributed by atoms with van der Waals surface area (Å²) in [6, 6.07) is 2.05. The van der Waals surface area contributed by atoms with Crippen LogP contribution in [-0.2, 0) is 6.42 Å². The van der Waals surface area contributed by atoms with E-state index in [4.69, 9.17) is 0 Å². The Hall–Kier alpha value is -1.12. The minimum Gasteiger partial charge on any atom is -0.370 e. The molecule has 0 aromatic carbocycles. The molecule has 3 nitrogen and oxygen atoms in total. The van der Waals surface area contributed by atoms with Crippen LogP contribution in [0.4, 0.5) is 5.82 Å². The molecule has 90 valence electrons. The van der Waals surface area contributed by atoms with Gasteiger partial charge in [-0.1, -0.05) is 33.6 Å². The van der Waals surface area contributed by atoms with Gasteiger partial charge < -0.3 is 5.32 Å². The van der Waals surface area contributed by atoms with Crippen molar-refractivity contribution < 1.29 is 0 Å². The molecule has 0 saturated carbocycles. The molecule has 0 bridgehead atoms. The van der Waals surface area contributed by atoms with Gasteiger partial charge in [-0.05, 0) is 19.3 Å². The Balaban J connectivity index is 2.62. The van der Waals surface area contributed by atoms with Crippen LogP contribution in [0.15, 0.2) is 6.07 Å². The first-order chi connectivity index (χ1) is 7.69. The topological polar surface area (TPSA) is 37.8 Å². The number of hydrogen-bond donors (Lipinski definition) is 1. The molecular weight excluding hydrogens is 198 g/mol. The molecule has 0 amide bonds. The molecule has 1 N–H and O–H groups in total. The van der Waals surface area contributed by atoms with Crippen molar-refractivity contribution in [2.75, 3.05) is 11.9 Å². The zero-order chi connectivity index (χ0) is 12.0. The molecule has 3 heteroatoms. The molecule has 0 fully saturated rings. The first kappa shape index (κ1) is 12.9. The first-order valence-corrected chi connectivity index (χ1v) is 6.27. The SMILES string of the molecule is CCc1cc(NCC(CC)CC)nc(C)n1. The van der Waals surface area contributed by atoms with Crippen molar-refractivity contribution in [1.82, 2.24) is 9.97 Å². The largest absolute Gasteiger partial charge is 0.370 e. The molecule has 1 aromatic heterocycles. The van der Waals surface area contributed by atoms with Crippen molar-refractivity contribution in [2.45, 2.75) is 47.0 Å². The standard InChI is InChI=1S/C13H23N3/c1-5-11(6-2)9-14-13-8-12(7-3)15-10(4)16-13/h8,11H,5-7,9H2,1-4H3,(H,14,15,16). The Bertz CT molecular complexity index is 319. The lowest BCUT2D eigenvalue weighted by Gasteiger charge is -2.14. The van der Waals surface area contributed by atoms with Gasteiger partial charge in [0.15, 0.2) is 0 Å². The molecule has 1 heterocycles. The van der Waals surface area contributed by atoms with Crippen molar-refractivity contribution in [3.8, 4) is 0 Å². The van der Waals surface area contributed by atoms with Crippen LogP contribution in [0.25, 0.3) is 0 Å². The van der Waals surface area contributed by atoms with E-state index in [1.165, 1.54) is 12.8 Å². The number of rotatable bonds is 6. The van der Waals surface area contributed by atoms with E-state index in [9.17, 15) is 0 Å². The maximum Gasteiger partial charge on any atom is 0.129 e. The van der Waals surface area contributed by atoms with Gasteiger partial charge in [0, 0.05) is 18.3 Å². The lowest BCUT2D eigenvalue weighted by molar-refractivity contribution is 0.518. The number of nitrogens with one attached hydrogen (secondary N) is 1. The highest BCUT2D eigenvalue weighted by Gasteiger charge is 2.04. The molecule has 1 rings (SSSR count). The lowest BCUT2D eigenvalue weighted by atomic mass is 10.0. The van der Waals surface area contributed by atoms with E-state index >= 15 is 0 Å². The van der Waals surface area contributed by atoms with Gasteiger partial charge in [0.25, 0.3) is 0 Å². The van der Waals surface area contributed by atoms with Gasteiger partial charge >= 0.3 is 0 Å². The Morgan fingerprint density at radius 2 is 1.88 bits per heavy atom. The third kappa shape index (κ3) is 3.80. The summed E-state index contributed by atoms with van der Waals surface area (Å²) in [5, 5.41) is 3.41. The molecular formula is C13H23N3. The molecule has 0 saturated heterocycles. The normalized spacial score (nSPS) is 10.8. The summed E-state index contributed by atoms with van der Waals surface area (Å²) >= 11 is 0. The van der Waals surface area contributed by atoms with Crippen LogP contribution in [0.3, 0.4) is 0 Å². The van der Waals surface area contributed by atoms with E-state index in [0.29, 0.717) is 0 Å². The Kier molecular flexibility index (Phi) is 5.23.